The lowest BCUT2D eigenvalue weighted by Crippen LogP contribution is -2.46. The molecule has 0 aliphatic carbocycles. The first-order valence-electron chi connectivity index (χ1n) is 6.22. The van der Waals surface area contributed by atoms with Gasteiger partial charge in [0.15, 0.2) is 0 Å². The number of rotatable bonds is 2. The van der Waals surface area contributed by atoms with Gasteiger partial charge in [0.25, 0.3) is 0 Å². The van der Waals surface area contributed by atoms with Crippen molar-refractivity contribution in [2.75, 3.05) is 13.2 Å². The van der Waals surface area contributed by atoms with Gasteiger partial charge in [-0.05, 0) is 25.7 Å². The normalized spacial score (nSPS) is 41.3. The van der Waals surface area contributed by atoms with Crippen LogP contribution in [-0.4, -0.2) is 42.0 Å². The molecule has 3 heteroatoms. The number of fused-ring (bicyclic) bond motifs is 2. The van der Waals surface area contributed by atoms with Crippen molar-refractivity contribution in [3.8, 4) is 0 Å². The van der Waals surface area contributed by atoms with Crippen LogP contribution >= 0.6 is 0 Å². The number of ketones is 1. The lowest BCUT2D eigenvalue weighted by atomic mass is 10.0. The molecule has 0 N–H and O–H groups in total. The number of ether oxygens (including phenoxy) is 1. The van der Waals surface area contributed by atoms with Gasteiger partial charge in [-0.15, -0.1) is 0 Å². The van der Waals surface area contributed by atoms with Crippen LogP contribution in [0.25, 0.3) is 0 Å². The summed E-state index contributed by atoms with van der Waals surface area (Å²) in [6.45, 7) is 2.01. The fraction of sp³-hybridized carbons (Fsp3) is 0.917. The van der Waals surface area contributed by atoms with Crippen LogP contribution in [0.3, 0.4) is 0 Å². The summed E-state index contributed by atoms with van der Waals surface area (Å²) in [5.41, 5.74) is 0. The van der Waals surface area contributed by atoms with E-state index in [2.05, 4.69) is 4.90 Å². The minimum atomic E-state index is 0.446. The largest absolute Gasteiger partial charge is 0.377 e. The molecular weight excluding hydrogens is 190 g/mol. The van der Waals surface area contributed by atoms with Crippen molar-refractivity contribution in [3.63, 3.8) is 0 Å². The van der Waals surface area contributed by atoms with Crippen molar-refractivity contribution in [3.05, 3.63) is 0 Å². The molecule has 3 fully saturated rings. The smallest absolute Gasteiger partial charge is 0.136 e. The molecule has 0 saturated carbocycles. The molecule has 3 nitrogen and oxygen atoms in total. The van der Waals surface area contributed by atoms with Gasteiger partial charge in [-0.3, -0.25) is 9.69 Å². The van der Waals surface area contributed by atoms with Gasteiger partial charge in [-0.25, -0.2) is 0 Å². The first-order valence-corrected chi connectivity index (χ1v) is 6.22. The number of piperidine rings is 1. The van der Waals surface area contributed by atoms with Crippen LogP contribution in [0, 0.1) is 0 Å². The molecule has 84 valence electrons. The molecule has 0 spiro atoms. The summed E-state index contributed by atoms with van der Waals surface area (Å²) in [5, 5.41) is 0. The second kappa shape index (κ2) is 3.87. The average molecular weight is 209 g/mol. The summed E-state index contributed by atoms with van der Waals surface area (Å²) < 4.78 is 5.68. The molecule has 0 amide bonds. The first-order chi connectivity index (χ1) is 7.33. The van der Waals surface area contributed by atoms with E-state index in [9.17, 15) is 4.79 Å². The van der Waals surface area contributed by atoms with E-state index in [1.54, 1.807) is 0 Å². The fourth-order valence-electron chi connectivity index (χ4n) is 3.38. The van der Waals surface area contributed by atoms with Crippen LogP contribution in [0.2, 0.25) is 0 Å². The molecule has 3 atom stereocenters. The van der Waals surface area contributed by atoms with Gasteiger partial charge in [0, 0.05) is 38.1 Å². The van der Waals surface area contributed by atoms with Crippen molar-refractivity contribution in [1.29, 1.82) is 0 Å². The summed E-state index contributed by atoms with van der Waals surface area (Å²) in [6, 6.07) is 1.08. The highest BCUT2D eigenvalue weighted by Crippen LogP contribution is 2.34. The minimum Gasteiger partial charge on any atom is -0.377 e. The van der Waals surface area contributed by atoms with E-state index in [0.29, 0.717) is 24.0 Å². The number of hydrogen-bond donors (Lipinski definition) is 0. The number of carbonyl (C=O) groups is 1. The van der Waals surface area contributed by atoms with Crippen molar-refractivity contribution in [1.82, 2.24) is 4.90 Å². The van der Waals surface area contributed by atoms with E-state index < -0.39 is 0 Å². The standard InChI is InChI=1S/C12H19NO2/c14-11-6-9-3-4-10(7-11)13(9)8-12-2-1-5-15-12/h9-10,12H,1-8H2/t9-,10+,12-/m0/s1. The Morgan fingerprint density at radius 1 is 1.20 bits per heavy atom. The maximum atomic E-state index is 11.4. The molecule has 0 unspecified atom stereocenters. The number of Topliss-reactive ketones (excluding diaryl/α,β-unsaturated/α-hetero) is 1. The third-order valence-electron chi connectivity index (χ3n) is 4.14. The second-order valence-corrected chi connectivity index (χ2v) is 5.16. The molecule has 3 aliphatic heterocycles. The Morgan fingerprint density at radius 2 is 1.93 bits per heavy atom. The molecule has 0 aromatic carbocycles. The van der Waals surface area contributed by atoms with Crippen molar-refractivity contribution < 1.29 is 9.53 Å². The highest BCUT2D eigenvalue weighted by atomic mass is 16.5. The number of hydrogen-bond acceptors (Lipinski definition) is 3. The Hall–Kier alpha value is -0.410. The van der Waals surface area contributed by atoms with Crippen molar-refractivity contribution in [2.45, 2.75) is 56.7 Å². The van der Waals surface area contributed by atoms with E-state index in [-0.39, 0.29) is 0 Å². The maximum absolute atomic E-state index is 11.4. The van der Waals surface area contributed by atoms with E-state index in [0.717, 1.165) is 26.0 Å². The third kappa shape index (κ3) is 1.83. The lowest BCUT2D eigenvalue weighted by molar-refractivity contribution is -0.124. The Balaban J connectivity index is 1.64. The van der Waals surface area contributed by atoms with Gasteiger partial charge in [0.05, 0.1) is 6.10 Å². The van der Waals surface area contributed by atoms with Crippen LogP contribution in [0.15, 0.2) is 0 Å². The highest BCUT2D eigenvalue weighted by Gasteiger charge is 2.41. The molecule has 3 rings (SSSR count). The van der Waals surface area contributed by atoms with Crippen LogP contribution < -0.4 is 0 Å². The zero-order valence-corrected chi connectivity index (χ0v) is 9.15. The van der Waals surface area contributed by atoms with Gasteiger partial charge < -0.3 is 4.74 Å². The topological polar surface area (TPSA) is 29.5 Å². The molecule has 0 radical (unpaired) electrons. The van der Waals surface area contributed by atoms with E-state index in [1.165, 1.54) is 25.7 Å². The number of nitrogens with zero attached hydrogens (tertiary/aromatic N) is 1. The molecule has 3 aliphatic rings. The summed E-state index contributed by atoms with van der Waals surface area (Å²) >= 11 is 0. The molecule has 3 heterocycles. The van der Waals surface area contributed by atoms with Gasteiger partial charge in [-0.1, -0.05) is 0 Å². The van der Waals surface area contributed by atoms with E-state index >= 15 is 0 Å². The van der Waals surface area contributed by atoms with Gasteiger partial charge >= 0.3 is 0 Å². The zero-order valence-electron chi connectivity index (χ0n) is 9.15. The summed E-state index contributed by atoms with van der Waals surface area (Å²) in [5.74, 6) is 0.478. The third-order valence-corrected chi connectivity index (χ3v) is 4.14. The zero-order chi connectivity index (χ0) is 10.3. The lowest BCUT2D eigenvalue weighted by Gasteiger charge is -2.35. The monoisotopic (exact) mass is 209 g/mol. The van der Waals surface area contributed by atoms with E-state index in [1.807, 2.05) is 0 Å². The summed E-state index contributed by atoms with van der Waals surface area (Å²) in [4.78, 5) is 14.0. The summed E-state index contributed by atoms with van der Waals surface area (Å²) in [7, 11) is 0. The van der Waals surface area contributed by atoms with Crippen LogP contribution in [0.4, 0.5) is 0 Å². The van der Waals surface area contributed by atoms with Gasteiger partial charge in [-0.2, -0.15) is 0 Å². The predicted octanol–water partition coefficient (Wildman–Crippen LogP) is 1.36. The number of carbonyl (C=O) groups excluding carboxylic acids is 1. The van der Waals surface area contributed by atoms with Crippen LogP contribution in [0.1, 0.15) is 38.5 Å². The SMILES string of the molecule is O=C1C[C@H]2CC[C@@H](C1)N2C[C@@H]1CCCO1. The Kier molecular flexibility index (Phi) is 2.53. The van der Waals surface area contributed by atoms with Gasteiger partial charge in [0.2, 0.25) is 0 Å². The molecule has 0 aromatic rings. The molecule has 3 saturated heterocycles. The van der Waals surface area contributed by atoms with Gasteiger partial charge in [0.1, 0.15) is 5.78 Å². The quantitative estimate of drug-likeness (QED) is 0.687. The first kappa shape index (κ1) is 9.79. The van der Waals surface area contributed by atoms with Crippen molar-refractivity contribution >= 4 is 5.78 Å². The minimum absolute atomic E-state index is 0.446. The van der Waals surface area contributed by atoms with E-state index in [4.69, 9.17) is 4.74 Å². The van der Waals surface area contributed by atoms with Crippen molar-refractivity contribution in [2.24, 2.45) is 0 Å². The Labute approximate surface area is 90.8 Å². The predicted molar refractivity (Wildman–Crippen MR) is 56.7 cm³/mol. The molecule has 15 heavy (non-hydrogen) atoms. The Morgan fingerprint density at radius 3 is 2.53 bits per heavy atom. The second-order valence-electron chi connectivity index (χ2n) is 5.16. The molecular formula is C12H19NO2. The maximum Gasteiger partial charge on any atom is 0.136 e. The fourth-order valence-corrected chi connectivity index (χ4v) is 3.38. The molecule has 0 aromatic heterocycles. The summed E-state index contributed by atoms with van der Waals surface area (Å²) in [6.07, 6.45) is 6.91. The average Bonchev–Trinajstić information content (AvgIpc) is 2.77. The Bertz CT molecular complexity index is 244. The van der Waals surface area contributed by atoms with Crippen LogP contribution in [-0.2, 0) is 9.53 Å². The highest BCUT2D eigenvalue weighted by molar-refractivity contribution is 5.80. The molecule has 2 bridgehead atoms. The van der Waals surface area contributed by atoms with Crippen LogP contribution in [0.5, 0.6) is 0 Å².